The van der Waals surface area contributed by atoms with E-state index in [1.807, 2.05) is 0 Å². The molecule has 19 heavy (non-hydrogen) atoms. The van der Waals surface area contributed by atoms with Gasteiger partial charge in [-0.05, 0) is 43.9 Å². The Kier molecular flexibility index (Phi) is 3.21. The summed E-state index contributed by atoms with van der Waals surface area (Å²) in [5, 5.41) is 0. The van der Waals surface area contributed by atoms with E-state index in [1.54, 1.807) is 0 Å². The highest BCUT2D eigenvalue weighted by molar-refractivity contribution is 5.47. The normalized spacial score (nSPS) is 29.2. The summed E-state index contributed by atoms with van der Waals surface area (Å²) in [6, 6.07) is 0. The van der Waals surface area contributed by atoms with Gasteiger partial charge in [0.15, 0.2) is 0 Å². The molecule has 2 bridgehead atoms. The Labute approximate surface area is 115 Å². The van der Waals surface area contributed by atoms with Crippen LogP contribution >= 0.6 is 0 Å². The molecule has 1 aromatic heterocycles. The SMILES string of the molecule is Cc1nc(C2CC3CCC2C3)nc(NN)c1C(C)C. The summed E-state index contributed by atoms with van der Waals surface area (Å²) in [6.45, 7) is 6.39. The second-order valence-electron chi connectivity index (χ2n) is 6.51. The van der Waals surface area contributed by atoms with Crippen LogP contribution in [0.25, 0.3) is 0 Å². The van der Waals surface area contributed by atoms with E-state index in [2.05, 4.69) is 26.2 Å². The van der Waals surface area contributed by atoms with Crippen LogP contribution in [-0.4, -0.2) is 9.97 Å². The Hall–Kier alpha value is -1.16. The number of nitrogen functional groups attached to an aromatic ring is 1. The molecule has 3 rings (SSSR count). The van der Waals surface area contributed by atoms with Gasteiger partial charge in [0.25, 0.3) is 0 Å². The van der Waals surface area contributed by atoms with Gasteiger partial charge in [-0.25, -0.2) is 15.8 Å². The van der Waals surface area contributed by atoms with Gasteiger partial charge in [0.05, 0.1) is 0 Å². The molecule has 2 fully saturated rings. The van der Waals surface area contributed by atoms with E-state index in [0.29, 0.717) is 11.8 Å². The molecule has 2 aliphatic rings. The van der Waals surface area contributed by atoms with Crippen LogP contribution in [-0.2, 0) is 0 Å². The molecule has 3 unspecified atom stereocenters. The molecule has 104 valence electrons. The molecular formula is C15H24N4. The lowest BCUT2D eigenvalue weighted by molar-refractivity contribution is 0.404. The summed E-state index contributed by atoms with van der Waals surface area (Å²) < 4.78 is 0. The molecular weight excluding hydrogens is 236 g/mol. The van der Waals surface area contributed by atoms with Crippen LogP contribution in [0, 0.1) is 18.8 Å². The van der Waals surface area contributed by atoms with Crippen LogP contribution in [0.3, 0.4) is 0 Å². The zero-order chi connectivity index (χ0) is 13.6. The van der Waals surface area contributed by atoms with Gasteiger partial charge in [-0.3, -0.25) is 0 Å². The van der Waals surface area contributed by atoms with Gasteiger partial charge in [0, 0.05) is 17.2 Å². The Balaban J connectivity index is 1.97. The van der Waals surface area contributed by atoms with Gasteiger partial charge in [-0.1, -0.05) is 20.3 Å². The minimum Gasteiger partial charge on any atom is -0.308 e. The molecule has 4 heteroatoms. The van der Waals surface area contributed by atoms with Crippen LogP contribution in [0.2, 0.25) is 0 Å². The van der Waals surface area contributed by atoms with Crippen molar-refractivity contribution in [3.8, 4) is 0 Å². The van der Waals surface area contributed by atoms with Gasteiger partial charge in [0.1, 0.15) is 11.6 Å². The van der Waals surface area contributed by atoms with Gasteiger partial charge in [0.2, 0.25) is 0 Å². The summed E-state index contributed by atoms with van der Waals surface area (Å²) in [6.07, 6.45) is 5.42. The van der Waals surface area contributed by atoms with E-state index in [9.17, 15) is 0 Å². The smallest absolute Gasteiger partial charge is 0.147 e. The van der Waals surface area contributed by atoms with Crippen molar-refractivity contribution in [3.63, 3.8) is 0 Å². The molecule has 0 aliphatic heterocycles. The standard InChI is InChI=1S/C15H24N4/c1-8(2)13-9(3)17-14(18-15(13)19-16)12-7-10-4-5-11(12)6-10/h8,10-12H,4-7,16H2,1-3H3,(H,17,18,19). The molecule has 1 heterocycles. The minimum atomic E-state index is 0.389. The number of hydrazine groups is 1. The largest absolute Gasteiger partial charge is 0.308 e. The van der Waals surface area contributed by atoms with Crippen molar-refractivity contribution >= 4 is 5.82 Å². The van der Waals surface area contributed by atoms with Crippen molar-refractivity contribution < 1.29 is 0 Å². The maximum atomic E-state index is 5.66. The van der Waals surface area contributed by atoms with Crippen LogP contribution in [0.4, 0.5) is 5.82 Å². The number of nitrogens with one attached hydrogen (secondary N) is 1. The van der Waals surface area contributed by atoms with Crippen LogP contribution in [0.1, 0.15) is 68.4 Å². The molecule has 0 amide bonds. The summed E-state index contributed by atoms with van der Waals surface area (Å²) in [5.41, 5.74) is 5.00. The van der Waals surface area contributed by atoms with Crippen LogP contribution in [0.5, 0.6) is 0 Å². The highest BCUT2D eigenvalue weighted by atomic mass is 15.3. The van der Waals surface area contributed by atoms with Crippen molar-refractivity contribution in [1.29, 1.82) is 0 Å². The predicted molar refractivity (Wildman–Crippen MR) is 76.9 cm³/mol. The molecule has 2 aliphatic carbocycles. The number of rotatable bonds is 3. The summed E-state index contributed by atoms with van der Waals surface area (Å²) in [5.74, 6) is 10.2. The Morgan fingerprint density at radius 2 is 2.00 bits per heavy atom. The van der Waals surface area contributed by atoms with Crippen LogP contribution < -0.4 is 11.3 Å². The van der Waals surface area contributed by atoms with E-state index >= 15 is 0 Å². The fraction of sp³-hybridized carbons (Fsp3) is 0.733. The molecule has 0 aromatic carbocycles. The van der Waals surface area contributed by atoms with Crippen molar-refractivity contribution in [2.75, 3.05) is 5.43 Å². The van der Waals surface area contributed by atoms with Gasteiger partial charge >= 0.3 is 0 Å². The lowest BCUT2D eigenvalue weighted by atomic mass is 9.88. The molecule has 2 saturated carbocycles. The fourth-order valence-electron chi connectivity index (χ4n) is 4.13. The fourth-order valence-corrected chi connectivity index (χ4v) is 4.13. The van der Waals surface area contributed by atoms with Gasteiger partial charge in [-0.2, -0.15) is 0 Å². The molecule has 3 N–H and O–H groups in total. The summed E-state index contributed by atoms with van der Waals surface area (Å²) in [4.78, 5) is 9.52. The molecule has 3 atom stereocenters. The highest BCUT2D eigenvalue weighted by Gasteiger charge is 2.41. The Morgan fingerprint density at radius 1 is 1.21 bits per heavy atom. The molecule has 0 saturated heterocycles. The average molecular weight is 260 g/mol. The third-order valence-corrected chi connectivity index (χ3v) is 4.94. The number of nitrogens with zero attached hydrogens (tertiary/aromatic N) is 2. The van der Waals surface area contributed by atoms with Crippen molar-refractivity contribution in [2.45, 2.75) is 58.3 Å². The molecule has 0 spiro atoms. The quantitative estimate of drug-likeness (QED) is 0.647. The maximum Gasteiger partial charge on any atom is 0.147 e. The Morgan fingerprint density at radius 3 is 2.53 bits per heavy atom. The second kappa shape index (κ2) is 4.75. The van der Waals surface area contributed by atoms with Crippen molar-refractivity contribution in [2.24, 2.45) is 17.7 Å². The van der Waals surface area contributed by atoms with Crippen molar-refractivity contribution in [3.05, 3.63) is 17.1 Å². The molecule has 0 radical (unpaired) electrons. The number of hydrogen-bond acceptors (Lipinski definition) is 4. The van der Waals surface area contributed by atoms with E-state index < -0.39 is 0 Å². The number of aromatic nitrogens is 2. The predicted octanol–water partition coefficient (Wildman–Crippen LogP) is 3.10. The van der Waals surface area contributed by atoms with E-state index in [-0.39, 0.29) is 0 Å². The zero-order valence-electron chi connectivity index (χ0n) is 12.1. The third kappa shape index (κ3) is 2.12. The van der Waals surface area contributed by atoms with Gasteiger partial charge < -0.3 is 5.43 Å². The monoisotopic (exact) mass is 260 g/mol. The first-order valence-corrected chi connectivity index (χ1v) is 7.45. The first-order chi connectivity index (χ1) is 9.10. The number of fused-ring (bicyclic) bond motifs is 2. The first kappa shape index (κ1) is 12.9. The van der Waals surface area contributed by atoms with E-state index in [4.69, 9.17) is 15.8 Å². The summed E-state index contributed by atoms with van der Waals surface area (Å²) in [7, 11) is 0. The third-order valence-electron chi connectivity index (χ3n) is 4.94. The zero-order valence-corrected chi connectivity index (χ0v) is 12.1. The number of hydrogen-bond donors (Lipinski definition) is 2. The van der Waals surface area contributed by atoms with E-state index in [0.717, 1.165) is 34.7 Å². The topological polar surface area (TPSA) is 63.8 Å². The number of anilines is 1. The summed E-state index contributed by atoms with van der Waals surface area (Å²) >= 11 is 0. The highest BCUT2D eigenvalue weighted by Crippen LogP contribution is 2.52. The number of aryl methyl sites for hydroxylation is 1. The maximum absolute atomic E-state index is 5.66. The van der Waals surface area contributed by atoms with Gasteiger partial charge in [-0.15, -0.1) is 0 Å². The lowest BCUT2D eigenvalue weighted by Gasteiger charge is -2.23. The second-order valence-corrected chi connectivity index (χ2v) is 6.51. The Bertz CT molecular complexity index is 483. The molecule has 1 aromatic rings. The average Bonchev–Trinajstić information content (AvgIpc) is 2.99. The molecule has 4 nitrogen and oxygen atoms in total. The number of nitrogens with two attached hydrogens (primary N) is 1. The minimum absolute atomic E-state index is 0.389. The lowest BCUT2D eigenvalue weighted by Crippen LogP contribution is -2.19. The van der Waals surface area contributed by atoms with Crippen molar-refractivity contribution in [1.82, 2.24) is 9.97 Å². The van der Waals surface area contributed by atoms with E-state index in [1.165, 1.54) is 25.7 Å². The van der Waals surface area contributed by atoms with Crippen LogP contribution in [0.15, 0.2) is 0 Å². The first-order valence-electron chi connectivity index (χ1n) is 7.45.